The van der Waals surface area contributed by atoms with Gasteiger partial charge in [0.25, 0.3) is 0 Å². The summed E-state index contributed by atoms with van der Waals surface area (Å²) < 4.78 is 100. The van der Waals surface area contributed by atoms with Crippen LogP contribution in [0.5, 0.6) is 28.9 Å². The SMILES string of the molecule is C.CC(C)c1cccc(-c2ccnc(F)c2)c1CC(=O)O.COc1ccc(CN(Cc2ccc(OC)cc2)S(=O)(=O)c2cc(CCO)cc(C(C)(C)O)c2)cc1.COc1ccc(CN(Cc2ccc(OC)cc2)S(=O)(=O)c2cc(CCOc3cc(-c4cccc(C(C)C)c4CC(=O)O)ccn3)cc(C(C)(C)O)c2)cc1. The Labute approximate surface area is 646 Å². The first-order valence-electron chi connectivity index (χ1n) is 35.5. The number of halogens is 1. The minimum absolute atomic E-state index is 0. The molecule has 0 radical (unpaired) electrons. The summed E-state index contributed by atoms with van der Waals surface area (Å²) in [4.78, 5) is 30.9. The topological polar surface area (TPSA) is 282 Å². The highest BCUT2D eigenvalue weighted by Crippen LogP contribution is 2.36. The molecule has 0 amide bonds. The van der Waals surface area contributed by atoms with E-state index < -0.39 is 49.1 Å². The molecule has 5 N–H and O–H groups in total. The Hall–Kier alpha value is -10.4. The molecule has 0 saturated carbocycles. The minimum Gasteiger partial charge on any atom is -0.497 e. The Kier molecular flexibility index (Phi) is 31.0. The summed E-state index contributed by atoms with van der Waals surface area (Å²) in [5, 5.41) is 49.9. The van der Waals surface area contributed by atoms with Crippen LogP contribution in [0.15, 0.2) is 216 Å². The van der Waals surface area contributed by atoms with Crippen molar-refractivity contribution in [2.45, 2.75) is 148 Å². The van der Waals surface area contributed by atoms with Gasteiger partial charge in [-0.25, -0.2) is 26.8 Å². The first-order valence-corrected chi connectivity index (χ1v) is 38.4. The normalized spacial score (nSPS) is 11.6. The molecule has 20 nitrogen and oxygen atoms in total. The lowest BCUT2D eigenvalue weighted by Gasteiger charge is -2.25. The van der Waals surface area contributed by atoms with Crippen LogP contribution in [0.25, 0.3) is 22.3 Å². The molecule has 8 aromatic carbocycles. The highest BCUT2D eigenvalue weighted by atomic mass is 32.2. The van der Waals surface area contributed by atoms with Gasteiger partial charge in [-0.2, -0.15) is 13.0 Å². The van der Waals surface area contributed by atoms with Gasteiger partial charge in [-0.3, -0.25) is 9.59 Å². The van der Waals surface area contributed by atoms with Gasteiger partial charge >= 0.3 is 11.9 Å². The fourth-order valence-corrected chi connectivity index (χ4v) is 15.3. The molecule has 0 unspecified atom stereocenters. The molecular weight excluding hydrogens is 1440 g/mol. The molecule has 10 rings (SSSR count). The number of methoxy groups -OCH3 is 4. The first-order chi connectivity index (χ1) is 51.7. The van der Waals surface area contributed by atoms with E-state index in [-0.39, 0.29) is 87.7 Å². The van der Waals surface area contributed by atoms with Gasteiger partial charge in [0, 0.05) is 63.7 Å². The number of aliphatic hydroxyl groups excluding tert-OH is 1. The molecule has 2 aromatic heterocycles. The summed E-state index contributed by atoms with van der Waals surface area (Å²) >= 11 is 0. The molecule has 0 aliphatic rings. The third-order valence-corrected chi connectivity index (χ3v) is 21.7. The van der Waals surface area contributed by atoms with E-state index in [0.29, 0.717) is 63.1 Å². The summed E-state index contributed by atoms with van der Waals surface area (Å²) in [7, 11) is -1.77. The standard InChI is InChI=1S/C43H48N2O8S.C27H33NO6S.C16H16FNO2.CH4/c1-29(2)38-8-7-9-39(40(38)26-42(46)47)33-18-20-44-41(24-33)53-21-19-32-22-34(43(3,4)48)25-37(23-32)54(49,50)45(27-30-10-14-35(51-5)15-11-30)28-31-12-16-36(52-6)17-13-31;1-27(2,30)23-15-22(13-14-29)16-26(17-23)35(31,32)28(18-20-5-9-24(33-3)10-6-20)19-21-7-11-25(34-4)12-8-21;1-10(2)12-4-3-5-13(14(12)9-16(19)20)11-6-7-18-15(17)8-11;/h7-18,20,22-25,29,48H,19,21,26-28H2,1-6H3,(H,46,47);5-12,15-17,29-30H,13-14,18-19H2,1-4H3;3-8,10H,9H2,1-2H3,(H,19,20);1H4. The lowest BCUT2D eigenvalue weighted by molar-refractivity contribution is -0.137. The zero-order chi connectivity index (χ0) is 79.4. The van der Waals surface area contributed by atoms with Gasteiger partial charge in [0.1, 0.15) is 23.0 Å². The predicted octanol–water partition coefficient (Wildman–Crippen LogP) is 15.9. The van der Waals surface area contributed by atoms with Gasteiger partial charge in [0.15, 0.2) is 0 Å². The Morgan fingerprint density at radius 2 is 0.809 bits per heavy atom. The van der Waals surface area contributed by atoms with Crippen LogP contribution in [0.1, 0.15) is 141 Å². The molecule has 0 aliphatic heterocycles. The number of carboxylic acid groups (broad SMARTS) is 2. The molecule has 584 valence electrons. The number of hydrogen-bond acceptors (Lipinski definition) is 16. The fraction of sp³-hybridized carbons (Fsp3) is 0.310. The zero-order valence-corrected chi connectivity index (χ0v) is 65.2. The molecule has 0 fully saturated rings. The van der Waals surface area contributed by atoms with Crippen LogP contribution in [0.4, 0.5) is 4.39 Å². The number of pyridine rings is 2. The van der Waals surface area contributed by atoms with Gasteiger partial charge < -0.3 is 49.2 Å². The summed E-state index contributed by atoms with van der Waals surface area (Å²) in [5.41, 5.74) is 9.22. The van der Waals surface area contributed by atoms with Gasteiger partial charge in [0.05, 0.1) is 68.9 Å². The molecule has 2 heterocycles. The number of sulfonamides is 2. The number of carboxylic acids is 2. The van der Waals surface area contributed by atoms with Crippen LogP contribution in [0, 0.1) is 5.95 Å². The molecular formula is C87H101FN4O16S2. The number of ether oxygens (including phenoxy) is 5. The molecule has 0 bridgehead atoms. The molecule has 0 spiro atoms. The lowest BCUT2D eigenvalue weighted by Crippen LogP contribution is -2.31. The Balaban J connectivity index is 0.000000256. The average Bonchev–Trinajstić information content (AvgIpc) is 0.797. The largest absolute Gasteiger partial charge is 0.497 e. The van der Waals surface area contributed by atoms with Crippen LogP contribution in [0.3, 0.4) is 0 Å². The highest BCUT2D eigenvalue weighted by Gasteiger charge is 2.31. The molecule has 110 heavy (non-hydrogen) atoms. The summed E-state index contributed by atoms with van der Waals surface area (Å²) in [6, 6.07) is 56.8. The van der Waals surface area contributed by atoms with E-state index >= 15 is 0 Å². The smallest absolute Gasteiger partial charge is 0.307 e. The van der Waals surface area contributed by atoms with E-state index in [1.807, 2.05) is 119 Å². The van der Waals surface area contributed by atoms with Crippen molar-refractivity contribution in [1.29, 1.82) is 0 Å². The quantitative estimate of drug-likeness (QED) is 0.0245. The van der Waals surface area contributed by atoms with Crippen molar-refractivity contribution in [3.05, 3.63) is 279 Å². The number of carbonyl (C=O) groups is 2. The summed E-state index contributed by atoms with van der Waals surface area (Å²) in [5.74, 6) is 1.02. The van der Waals surface area contributed by atoms with Crippen molar-refractivity contribution < 1.29 is 80.0 Å². The first kappa shape index (κ1) is 86.9. The molecule has 0 saturated heterocycles. The molecule has 10 aromatic rings. The maximum Gasteiger partial charge on any atom is 0.307 e. The fourth-order valence-electron chi connectivity index (χ4n) is 12.3. The van der Waals surface area contributed by atoms with E-state index in [9.17, 15) is 51.2 Å². The van der Waals surface area contributed by atoms with E-state index in [1.165, 1.54) is 33.0 Å². The second-order valence-corrected chi connectivity index (χ2v) is 31.7. The third-order valence-electron chi connectivity index (χ3n) is 18.1. The second kappa shape index (κ2) is 39.3. The van der Waals surface area contributed by atoms with Crippen molar-refractivity contribution in [3.8, 4) is 51.1 Å². The predicted molar refractivity (Wildman–Crippen MR) is 425 cm³/mol. The average molecular weight is 1540 g/mol. The molecule has 23 heteroatoms. The van der Waals surface area contributed by atoms with Gasteiger partial charge in [-0.1, -0.05) is 132 Å². The van der Waals surface area contributed by atoms with Crippen molar-refractivity contribution >= 4 is 32.0 Å². The van der Waals surface area contributed by atoms with Gasteiger partial charge in [-0.15, -0.1) is 0 Å². The highest BCUT2D eigenvalue weighted by molar-refractivity contribution is 7.89. The maximum atomic E-state index is 14.6. The number of rotatable bonds is 32. The van der Waals surface area contributed by atoms with Crippen molar-refractivity contribution in [3.63, 3.8) is 0 Å². The van der Waals surface area contributed by atoms with E-state index in [4.69, 9.17) is 28.8 Å². The molecule has 0 aliphatic carbocycles. The van der Waals surface area contributed by atoms with Crippen molar-refractivity contribution in [2.24, 2.45) is 0 Å². The van der Waals surface area contributed by atoms with E-state index in [1.54, 1.807) is 147 Å². The Morgan fingerprint density at radius 3 is 1.13 bits per heavy atom. The lowest BCUT2D eigenvalue weighted by atomic mass is 9.89. The number of hydrogen-bond donors (Lipinski definition) is 5. The van der Waals surface area contributed by atoms with Crippen LogP contribution in [0.2, 0.25) is 0 Å². The van der Waals surface area contributed by atoms with Crippen LogP contribution in [-0.4, -0.2) is 115 Å². The monoisotopic (exact) mass is 1540 g/mol. The number of nitrogens with zero attached hydrogens (tertiary/aromatic N) is 4. The van der Waals surface area contributed by atoms with Crippen LogP contribution in [-0.2, 0) is 92.7 Å². The van der Waals surface area contributed by atoms with Crippen LogP contribution < -0.4 is 23.7 Å². The van der Waals surface area contributed by atoms with E-state index in [0.717, 1.165) is 61.2 Å². The van der Waals surface area contributed by atoms with Crippen molar-refractivity contribution in [2.75, 3.05) is 41.7 Å². The minimum atomic E-state index is -4.11. The number of benzene rings is 8. The van der Waals surface area contributed by atoms with Crippen molar-refractivity contribution in [1.82, 2.24) is 18.6 Å². The summed E-state index contributed by atoms with van der Waals surface area (Å²) in [6.45, 7) is 15.1. The molecule has 0 atom stereocenters. The zero-order valence-electron chi connectivity index (χ0n) is 63.6. The summed E-state index contributed by atoms with van der Waals surface area (Å²) in [6.07, 6.45) is 3.43. The Bertz CT molecular complexity index is 4830. The number of aliphatic carboxylic acids is 2. The third kappa shape index (κ3) is 24.1. The maximum absolute atomic E-state index is 14.6. The number of aliphatic hydroxyl groups is 3. The van der Waals surface area contributed by atoms with Gasteiger partial charge in [0.2, 0.25) is 31.9 Å². The Morgan fingerprint density at radius 1 is 0.464 bits per heavy atom. The number of aromatic nitrogens is 2. The second-order valence-electron chi connectivity index (χ2n) is 27.8. The van der Waals surface area contributed by atoms with E-state index in [2.05, 4.69) is 9.97 Å². The van der Waals surface area contributed by atoms with Crippen LogP contribution >= 0.6 is 0 Å². The van der Waals surface area contributed by atoms with Gasteiger partial charge in [-0.05, 0) is 220 Å².